The summed E-state index contributed by atoms with van der Waals surface area (Å²) in [5.74, 6) is 0.659. The largest absolute Gasteiger partial charge is 0.338 e. The molecule has 2 heterocycles. The topological polar surface area (TPSA) is 73.4 Å². The van der Waals surface area contributed by atoms with Gasteiger partial charge in [-0.15, -0.1) is 0 Å². The molecule has 2 amide bonds. The third kappa shape index (κ3) is 3.91. The van der Waals surface area contributed by atoms with Crippen LogP contribution in [-0.4, -0.2) is 27.1 Å². The van der Waals surface area contributed by atoms with Crippen LogP contribution in [0.4, 0.5) is 10.5 Å². The molecule has 6 nitrogen and oxygen atoms in total. The number of nitrogens with zero attached hydrogens (tertiary/aromatic N) is 3. The normalized spacial score (nSPS) is 13.2. The molecule has 0 saturated carbocycles. The van der Waals surface area contributed by atoms with Crippen LogP contribution in [-0.2, 0) is 0 Å². The smallest absolute Gasteiger partial charge is 0.330 e. The Morgan fingerprint density at radius 2 is 1.81 bits per heavy atom. The van der Waals surface area contributed by atoms with E-state index in [9.17, 15) is 4.79 Å². The zero-order chi connectivity index (χ0) is 21.9. The molecule has 156 valence electrons. The fourth-order valence-electron chi connectivity index (χ4n) is 3.47. The van der Waals surface area contributed by atoms with Crippen LogP contribution in [0.2, 0.25) is 5.02 Å². The Morgan fingerprint density at radius 1 is 1.00 bits per heavy atom. The fraction of sp³-hybridized carbons (Fsp3) is 0. The van der Waals surface area contributed by atoms with Gasteiger partial charge >= 0.3 is 6.03 Å². The van der Waals surface area contributed by atoms with Crippen LogP contribution in [0.15, 0.2) is 96.3 Å². The van der Waals surface area contributed by atoms with Gasteiger partial charge in [0.05, 0.1) is 28.0 Å². The predicted molar refractivity (Wildman–Crippen MR) is 129 cm³/mol. The Morgan fingerprint density at radius 3 is 2.66 bits per heavy atom. The summed E-state index contributed by atoms with van der Waals surface area (Å²) in [4.78, 5) is 26.8. The van der Waals surface area contributed by atoms with Crippen molar-refractivity contribution in [3.8, 4) is 11.4 Å². The molecule has 0 unspecified atom stereocenters. The van der Waals surface area contributed by atoms with Gasteiger partial charge in [0.2, 0.25) is 0 Å². The van der Waals surface area contributed by atoms with Crippen molar-refractivity contribution in [1.82, 2.24) is 14.9 Å². The van der Waals surface area contributed by atoms with Crippen molar-refractivity contribution in [2.24, 2.45) is 4.99 Å². The lowest BCUT2D eigenvalue weighted by Gasteiger charge is -2.22. The van der Waals surface area contributed by atoms with Crippen LogP contribution in [0.5, 0.6) is 0 Å². The molecule has 5 rings (SSSR count). The molecule has 1 aliphatic heterocycles. The molecule has 2 N–H and O–H groups in total. The Labute approximate surface area is 189 Å². The third-order valence-electron chi connectivity index (χ3n) is 5.01. The number of allylic oxidation sites excluding steroid dienone is 1. The van der Waals surface area contributed by atoms with Gasteiger partial charge in [0.1, 0.15) is 5.82 Å². The van der Waals surface area contributed by atoms with Crippen LogP contribution in [0.1, 0.15) is 5.56 Å². The lowest BCUT2D eigenvalue weighted by molar-refractivity contribution is 0.240. The van der Waals surface area contributed by atoms with E-state index in [-0.39, 0.29) is 6.03 Å². The van der Waals surface area contributed by atoms with Crippen molar-refractivity contribution >= 4 is 46.3 Å². The van der Waals surface area contributed by atoms with Crippen LogP contribution >= 0.6 is 11.6 Å². The maximum absolute atomic E-state index is 13.1. The van der Waals surface area contributed by atoms with Gasteiger partial charge in [-0.1, -0.05) is 48.0 Å². The number of benzene rings is 3. The standard InChI is InChI=1S/C25H18ClN5O/c26-20-12-11-17(15-19(20)24-29-21-9-4-5-10-22(21)30-24)23-16-27-13-6-14-31(23)25(32)28-18-7-2-1-3-8-18/h1-16H,(H,28,32)(H,29,30). The van der Waals surface area contributed by atoms with Crippen molar-refractivity contribution in [3.63, 3.8) is 0 Å². The average molecular weight is 440 g/mol. The average Bonchev–Trinajstić information content (AvgIpc) is 3.09. The number of H-pyrrole nitrogens is 1. The summed E-state index contributed by atoms with van der Waals surface area (Å²) in [6.45, 7) is 0. The number of imidazole rings is 1. The molecule has 0 bridgehead atoms. The first-order chi connectivity index (χ1) is 15.7. The van der Waals surface area contributed by atoms with Gasteiger partial charge in [-0.05, 0) is 42.5 Å². The monoisotopic (exact) mass is 439 g/mol. The number of hydrogen-bond acceptors (Lipinski definition) is 3. The molecule has 4 aromatic rings. The van der Waals surface area contributed by atoms with E-state index in [1.807, 2.05) is 66.7 Å². The number of carbonyl (C=O) groups excluding carboxylic acids is 1. The summed E-state index contributed by atoms with van der Waals surface area (Å²) in [5, 5.41) is 3.47. The summed E-state index contributed by atoms with van der Waals surface area (Å²) in [7, 11) is 0. The second-order valence-electron chi connectivity index (χ2n) is 7.12. The summed E-state index contributed by atoms with van der Waals surface area (Å²) in [5.41, 5.74) is 4.61. The highest BCUT2D eigenvalue weighted by Gasteiger charge is 2.20. The molecule has 0 spiro atoms. The van der Waals surface area contributed by atoms with Crippen LogP contribution < -0.4 is 5.32 Å². The van der Waals surface area contributed by atoms with E-state index >= 15 is 0 Å². The van der Waals surface area contributed by atoms with E-state index in [1.165, 1.54) is 4.90 Å². The molecular weight excluding hydrogens is 422 g/mol. The number of amides is 2. The van der Waals surface area contributed by atoms with Crippen LogP contribution in [0.3, 0.4) is 0 Å². The number of carbonyl (C=O) groups is 1. The molecule has 0 aliphatic carbocycles. The minimum atomic E-state index is -0.301. The summed E-state index contributed by atoms with van der Waals surface area (Å²) in [6, 6.07) is 22.4. The van der Waals surface area contributed by atoms with Crippen molar-refractivity contribution in [2.75, 3.05) is 5.32 Å². The minimum Gasteiger partial charge on any atom is -0.338 e. The molecule has 7 heteroatoms. The summed E-state index contributed by atoms with van der Waals surface area (Å²) >= 11 is 6.52. The Hall–Kier alpha value is -4.16. The Balaban J connectivity index is 1.52. The van der Waals surface area contributed by atoms with Gasteiger partial charge in [-0.2, -0.15) is 0 Å². The highest BCUT2D eigenvalue weighted by Crippen LogP contribution is 2.32. The van der Waals surface area contributed by atoms with Crippen molar-refractivity contribution in [2.45, 2.75) is 0 Å². The lowest BCUT2D eigenvalue weighted by atomic mass is 10.1. The van der Waals surface area contributed by atoms with Gasteiger partial charge in [-0.25, -0.2) is 9.78 Å². The second-order valence-corrected chi connectivity index (χ2v) is 7.52. The molecule has 0 radical (unpaired) electrons. The summed E-state index contributed by atoms with van der Waals surface area (Å²) < 4.78 is 0. The van der Waals surface area contributed by atoms with E-state index in [1.54, 1.807) is 30.8 Å². The lowest BCUT2D eigenvalue weighted by Crippen LogP contribution is -2.29. The molecule has 0 saturated heterocycles. The van der Waals surface area contributed by atoms with Gasteiger partial charge in [0.15, 0.2) is 0 Å². The van der Waals surface area contributed by atoms with E-state index in [4.69, 9.17) is 11.6 Å². The second kappa shape index (κ2) is 8.53. The Kier molecular flexibility index (Phi) is 5.27. The van der Waals surface area contributed by atoms with Gasteiger partial charge in [-0.3, -0.25) is 9.89 Å². The highest BCUT2D eigenvalue weighted by molar-refractivity contribution is 6.33. The predicted octanol–water partition coefficient (Wildman–Crippen LogP) is 6.31. The zero-order valence-corrected chi connectivity index (χ0v) is 17.6. The third-order valence-corrected chi connectivity index (χ3v) is 5.34. The molecular formula is C25H18ClN5O. The number of anilines is 1. The number of halogens is 1. The number of fused-ring (bicyclic) bond motifs is 1. The van der Waals surface area contributed by atoms with Crippen molar-refractivity contribution in [3.05, 3.63) is 102 Å². The van der Waals surface area contributed by atoms with Crippen molar-refractivity contribution in [1.29, 1.82) is 0 Å². The Bertz CT molecular complexity index is 1350. The van der Waals surface area contributed by atoms with Crippen LogP contribution in [0.25, 0.3) is 28.1 Å². The van der Waals surface area contributed by atoms with E-state index in [0.717, 1.165) is 22.2 Å². The van der Waals surface area contributed by atoms with E-state index < -0.39 is 0 Å². The first kappa shape index (κ1) is 19.8. The number of hydrogen-bond donors (Lipinski definition) is 2. The highest BCUT2D eigenvalue weighted by atomic mass is 35.5. The molecule has 1 aliphatic rings. The van der Waals surface area contributed by atoms with Crippen LogP contribution in [0, 0.1) is 0 Å². The summed E-state index contributed by atoms with van der Waals surface area (Å²) in [6.07, 6.45) is 6.67. The first-order valence-corrected chi connectivity index (χ1v) is 10.4. The van der Waals surface area contributed by atoms with E-state index in [2.05, 4.69) is 20.3 Å². The van der Waals surface area contributed by atoms with Gasteiger partial charge in [0.25, 0.3) is 0 Å². The number of urea groups is 1. The number of nitrogens with one attached hydrogen (secondary N) is 2. The minimum absolute atomic E-state index is 0.301. The molecule has 3 aromatic carbocycles. The number of rotatable bonds is 3. The van der Waals surface area contributed by atoms with Crippen molar-refractivity contribution < 1.29 is 4.79 Å². The molecule has 1 aromatic heterocycles. The fourth-order valence-corrected chi connectivity index (χ4v) is 3.68. The molecule has 0 fully saturated rings. The number of aromatic amines is 1. The van der Waals surface area contributed by atoms with Gasteiger partial charge < -0.3 is 10.3 Å². The molecule has 32 heavy (non-hydrogen) atoms. The first-order valence-electron chi connectivity index (χ1n) is 9.99. The number of para-hydroxylation sites is 3. The number of aromatic nitrogens is 2. The number of aliphatic imine (C=N–C) groups is 1. The maximum Gasteiger partial charge on any atom is 0.330 e. The quantitative estimate of drug-likeness (QED) is 0.392. The van der Waals surface area contributed by atoms with E-state index in [0.29, 0.717) is 22.2 Å². The molecule has 0 atom stereocenters. The van der Waals surface area contributed by atoms with Gasteiger partial charge in [0, 0.05) is 29.2 Å². The SMILES string of the molecule is O=C(Nc1ccccc1)N1C=CC=NC=C1c1ccc(Cl)c(-c2nc3ccccc3[nH]2)c1. The maximum atomic E-state index is 13.1. The zero-order valence-electron chi connectivity index (χ0n) is 16.9.